The summed E-state index contributed by atoms with van der Waals surface area (Å²) in [7, 11) is 0. The topological polar surface area (TPSA) is 49.3 Å². The molecule has 0 spiro atoms. The molecule has 0 aliphatic heterocycles. The van der Waals surface area contributed by atoms with Crippen molar-refractivity contribution in [2.45, 2.75) is 19.3 Å². The van der Waals surface area contributed by atoms with Crippen molar-refractivity contribution in [2.75, 3.05) is 24.7 Å². The predicted molar refractivity (Wildman–Crippen MR) is 79.8 cm³/mol. The molecule has 3 nitrogen and oxygen atoms in total. The first kappa shape index (κ1) is 15.8. The molecule has 1 heterocycles. The van der Waals surface area contributed by atoms with Crippen molar-refractivity contribution in [3.63, 3.8) is 0 Å². The minimum absolute atomic E-state index is 0.0382. The maximum atomic E-state index is 11.8. The van der Waals surface area contributed by atoms with Crippen molar-refractivity contribution in [1.82, 2.24) is 5.32 Å². The molecule has 0 radical (unpaired) electrons. The SMILES string of the molecule is CC(C(=O)NCCSCCCO)c1ccc(Cl)s1. The lowest BCUT2D eigenvalue weighted by atomic mass is 10.1. The molecule has 1 amide bonds. The number of thioether (sulfide) groups is 1. The van der Waals surface area contributed by atoms with Crippen LogP contribution >= 0.6 is 34.7 Å². The second-order valence-electron chi connectivity index (χ2n) is 3.84. The van der Waals surface area contributed by atoms with Crippen LogP contribution in [0.4, 0.5) is 0 Å². The number of nitrogens with one attached hydrogen (secondary N) is 1. The number of carbonyl (C=O) groups excluding carboxylic acids is 1. The molecule has 0 aromatic carbocycles. The van der Waals surface area contributed by atoms with Crippen LogP contribution in [0.3, 0.4) is 0 Å². The highest BCUT2D eigenvalue weighted by Gasteiger charge is 2.16. The number of hydrogen-bond acceptors (Lipinski definition) is 4. The van der Waals surface area contributed by atoms with Gasteiger partial charge in [0.05, 0.1) is 10.3 Å². The lowest BCUT2D eigenvalue weighted by Crippen LogP contribution is -2.29. The molecular formula is C12H18ClNO2S2. The van der Waals surface area contributed by atoms with Gasteiger partial charge in [0.25, 0.3) is 0 Å². The summed E-state index contributed by atoms with van der Waals surface area (Å²) < 4.78 is 0.712. The predicted octanol–water partition coefficient (Wildman–Crippen LogP) is 2.74. The van der Waals surface area contributed by atoms with Crippen molar-refractivity contribution >= 4 is 40.6 Å². The number of aliphatic hydroxyl groups is 1. The monoisotopic (exact) mass is 307 g/mol. The van der Waals surface area contributed by atoms with Crippen molar-refractivity contribution in [2.24, 2.45) is 0 Å². The summed E-state index contributed by atoms with van der Waals surface area (Å²) in [6.07, 6.45) is 0.808. The van der Waals surface area contributed by atoms with Crippen molar-refractivity contribution in [3.05, 3.63) is 21.3 Å². The summed E-state index contributed by atoms with van der Waals surface area (Å²) in [5, 5.41) is 11.5. The molecule has 2 N–H and O–H groups in total. The van der Waals surface area contributed by atoms with Gasteiger partial charge in [-0.3, -0.25) is 4.79 Å². The Morgan fingerprint density at radius 2 is 2.33 bits per heavy atom. The van der Waals surface area contributed by atoms with Crippen LogP contribution in [0.1, 0.15) is 24.1 Å². The Bertz CT molecular complexity index is 371. The van der Waals surface area contributed by atoms with Gasteiger partial charge in [-0.1, -0.05) is 11.6 Å². The number of halogens is 1. The average molecular weight is 308 g/mol. The van der Waals surface area contributed by atoms with Crippen LogP contribution in [0.15, 0.2) is 12.1 Å². The van der Waals surface area contributed by atoms with Crippen LogP contribution in [0, 0.1) is 0 Å². The van der Waals surface area contributed by atoms with E-state index in [0.29, 0.717) is 10.9 Å². The van der Waals surface area contributed by atoms with Crippen LogP contribution < -0.4 is 5.32 Å². The Hall–Kier alpha value is -0.230. The van der Waals surface area contributed by atoms with Crippen molar-refractivity contribution in [3.8, 4) is 0 Å². The van der Waals surface area contributed by atoms with Gasteiger partial charge in [0.1, 0.15) is 0 Å². The fraction of sp³-hybridized carbons (Fsp3) is 0.583. The zero-order chi connectivity index (χ0) is 13.4. The fourth-order valence-electron chi connectivity index (χ4n) is 1.36. The van der Waals surface area contributed by atoms with E-state index in [4.69, 9.17) is 16.7 Å². The summed E-state index contributed by atoms with van der Waals surface area (Å²) >= 11 is 9.03. The first-order chi connectivity index (χ1) is 8.65. The van der Waals surface area contributed by atoms with E-state index in [0.717, 1.165) is 22.8 Å². The number of rotatable bonds is 8. The number of amides is 1. The second kappa shape index (κ2) is 8.80. The highest BCUT2D eigenvalue weighted by Crippen LogP contribution is 2.27. The fourth-order valence-corrected chi connectivity index (χ4v) is 3.25. The highest BCUT2D eigenvalue weighted by atomic mass is 35.5. The van der Waals surface area contributed by atoms with E-state index in [-0.39, 0.29) is 18.4 Å². The zero-order valence-corrected chi connectivity index (χ0v) is 12.7. The Balaban J connectivity index is 2.20. The van der Waals surface area contributed by atoms with Gasteiger partial charge in [-0.05, 0) is 31.2 Å². The molecule has 1 unspecified atom stereocenters. The molecular weight excluding hydrogens is 290 g/mol. The average Bonchev–Trinajstić information content (AvgIpc) is 2.79. The van der Waals surface area contributed by atoms with Gasteiger partial charge in [-0.2, -0.15) is 11.8 Å². The number of carbonyl (C=O) groups is 1. The summed E-state index contributed by atoms with van der Waals surface area (Å²) in [6, 6.07) is 3.71. The third kappa shape index (κ3) is 5.61. The number of thiophene rings is 1. The summed E-state index contributed by atoms with van der Waals surface area (Å²) in [5.41, 5.74) is 0. The van der Waals surface area contributed by atoms with Crippen LogP contribution in [-0.4, -0.2) is 35.7 Å². The van der Waals surface area contributed by atoms with E-state index >= 15 is 0 Å². The quantitative estimate of drug-likeness (QED) is 0.726. The largest absolute Gasteiger partial charge is 0.396 e. The van der Waals surface area contributed by atoms with Gasteiger partial charge in [0.2, 0.25) is 5.91 Å². The van der Waals surface area contributed by atoms with E-state index in [9.17, 15) is 4.79 Å². The molecule has 18 heavy (non-hydrogen) atoms. The van der Waals surface area contributed by atoms with Gasteiger partial charge in [-0.15, -0.1) is 11.3 Å². The van der Waals surface area contributed by atoms with E-state index in [1.807, 2.05) is 19.1 Å². The molecule has 0 saturated carbocycles. The van der Waals surface area contributed by atoms with Gasteiger partial charge >= 0.3 is 0 Å². The van der Waals surface area contributed by atoms with E-state index < -0.39 is 0 Å². The van der Waals surface area contributed by atoms with E-state index in [2.05, 4.69) is 5.32 Å². The second-order valence-corrected chi connectivity index (χ2v) is 6.82. The molecule has 102 valence electrons. The molecule has 1 atom stereocenters. The highest BCUT2D eigenvalue weighted by molar-refractivity contribution is 7.99. The Kier molecular flexibility index (Phi) is 7.74. The maximum absolute atomic E-state index is 11.8. The summed E-state index contributed by atoms with van der Waals surface area (Å²) in [6.45, 7) is 2.78. The minimum Gasteiger partial charge on any atom is -0.396 e. The van der Waals surface area contributed by atoms with Gasteiger partial charge in [-0.25, -0.2) is 0 Å². The standard InChI is InChI=1S/C12H18ClNO2S2/c1-9(10-3-4-11(13)18-10)12(16)14-5-8-17-7-2-6-15/h3-4,9,15H,2,5-8H2,1H3,(H,14,16). The van der Waals surface area contributed by atoms with Crippen LogP contribution in [0.2, 0.25) is 4.34 Å². The summed E-state index contributed by atoms with van der Waals surface area (Å²) in [4.78, 5) is 12.8. The first-order valence-corrected chi connectivity index (χ1v) is 8.21. The molecule has 1 rings (SSSR count). The van der Waals surface area contributed by atoms with Crippen LogP contribution in [-0.2, 0) is 4.79 Å². The zero-order valence-electron chi connectivity index (χ0n) is 10.3. The van der Waals surface area contributed by atoms with Crippen molar-refractivity contribution in [1.29, 1.82) is 0 Å². The first-order valence-electron chi connectivity index (χ1n) is 5.86. The Morgan fingerprint density at radius 3 is 2.94 bits per heavy atom. The molecule has 0 saturated heterocycles. The molecule has 6 heteroatoms. The third-order valence-corrected chi connectivity index (χ3v) is 4.89. The normalized spacial score (nSPS) is 12.4. The molecule has 1 aromatic heterocycles. The Morgan fingerprint density at radius 1 is 1.56 bits per heavy atom. The van der Waals surface area contributed by atoms with Gasteiger partial charge in [0.15, 0.2) is 0 Å². The molecule has 1 aromatic rings. The molecule has 0 bridgehead atoms. The Labute approximate surface area is 121 Å². The maximum Gasteiger partial charge on any atom is 0.228 e. The number of hydrogen-bond donors (Lipinski definition) is 2. The van der Waals surface area contributed by atoms with Crippen LogP contribution in [0.25, 0.3) is 0 Å². The molecule has 0 aliphatic carbocycles. The lowest BCUT2D eigenvalue weighted by Gasteiger charge is -2.10. The van der Waals surface area contributed by atoms with Gasteiger partial charge < -0.3 is 10.4 Å². The lowest BCUT2D eigenvalue weighted by molar-refractivity contribution is -0.122. The summed E-state index contributed by atoms with van der Waals surface area (Å²) in [5.74, 6) is 1.70. The van der Waals surface area contributed by atoms with E-state index in [1.165, 1.54) is 11.3 Å². The van der Waals surface area contributed by atoms with E-state index in [1.54, 1.807) is 11.8 Å². The molecule has 0 aliphatic rings. The van der Waals surface area contributed by atoms with Gasteiger partial charge in [0, 0.05) is 23.8 Å². The van der Waals surface area contributed by atoms with Crippen molar-refractivity contribution < 1.29 is 9.90 Å². The minimum atomic E-state index is -0.148. The van der Waals surface area contributed by atoms with Crippen LogP contribution in [0.5, 0.6) is 0 Å². The smallest absolute Gasteiger partial charge is 0.228 e. The molecule has 0 fully saturated rings. The number of aliphatic hydroxyl groups excluding tert-OH is 1. The third-order valence-electron chi connectivity index (χ3n) is 2.41.